The average molecular weight is 153 g/mol. The number of hydrogen-bond acceptors (Lipinski definition) is 3. The summed E-state index contributed by atoms with van der Waals surface area (Å²) >= 11 is 0. The molecule has 0 unspecified atom stereocenters. The molecule has 1 aromatic rings. The van der Waals surface area contributed by atoms with E-state index in [4.69, 9.17) is 4.74 Å². The second-order valence-corrected chi connectivity index (χ2v) is 3.44. The Kier molecular flexibility index (Phi) is 1.26. The van der Waals surface area contributed by atoms with Gasteiger partial charge in [0.2, 0.25) is 0 Å². The summed E-state index contributed by atoms with van der Waals surface area (Å²) in [6.45, 7) is 5.52. The lowest BCUT2D eigenvalue weighted by atomic mass is 10.1. The lowest BCUT2D eigenvalue weighted by Crippen LogP contribution is -2.38. The molecule has 1 aliphatic heterocycles. The van der Waals surface area contributed by atoms with Crippen LogP contribution in [-0.4, -0.2) is 21.6 Å². The van der Waals surface area contributed by atoms with Crippen LogP contribution in [0.15, 0.2) is 6.20 Å². The van der Waals surface area contributed by atoms with Crippen LogP contribution in [-0.2, 0) is 16.9 Å². The molecule has 4 heteroatoms. The number of hydrogen-bond donors (Lipinski definition) is 0. The number of ether oxygens (including phenoxy) is 1. The molecule has 0 fully saturated rings. The summed E-state index contributed by atoms with van der Waals surface area (Å²) in [5, 5.41) is 7.83. The average Bonchev–Trinajstić information content (AvgIpc) is 2.34. The number of fused-ring (bicyclic) bond motifs is 1. The molecule has 0 amide bonds. The summed E-state index contributed by atoms with van der Waals surface area (Å²) in [4.78, 5) is 0. The first-order valence-corrected chi connectivity index (χ1v) is 3.68. The first-order valence-electron chi connectivity index (χ1n) is 3.68. The highest BCUT2D eigenvalue weighted by Crippen LogP contribution is 2.21. The van der Waals surface area contributed by atoms with E-state index in [1.165, 1.54) is 0 Å². The van der Waals surface area contributed by atoms with Crippen molar-refractivity contribution in [2.24, 2.45) is 0 Å². The summed E-state index contributed by atoms with van der Waals surface area (Å²) < 4.78 is 7.30. The van der Waals surface area contributed by atoms with Crippen LogP contribution in [0.1, 0.15) is 19.5 Å². The Labute approximate surface area is 65.2 Å². The van der Waals surface area contributed by atoms with Gasteiger partial charge >= 0.3 is 0 Å². The molecule has 0 bridgehead atoms. The minimum absolute atomic E-state index is 0.0376. The Hall–Kier alpha value is -0.900. The van der Waals surface area contributed by atoms with Gasteiger partial charge in [0.25, 0.3) is 0 Å². The van der Waals surface area contributed by atoms with Gasteiger partial charge < -0.3 is 4.74 Å². The van der Waals surface area contributed by atoms with Crippen LogP contribution in [0.5, 0.6) is 0 Å². The van der Waals surface area contributed by atoms with Crippen LogP contribution in [0.25, 0.3) is 0 Å². The minimum Gasteiger partial charge on any atom is -0.373 e. The number of rotatable bonds is 0. The van der Waals surface area contributed by atoms with Crippen LogP contribution >= 0.6 is 0 Å². The standard InChI is InChI=1S/C7H11N3O/c1-7(2)5-11-4-6-3-8-9-10(6)7/h3H,4-5H2,1-2H3. The molecule has 0 saturated carbocycles. The van der Waals surface area contributed by atoms with Crippen LogP contribution in [0, 0.1) is 0 Å². The fourth-order valence-corrected chi connectivity index (χ4v) is 1.33. The molecule has 2 heterocycles. The van der Waals surface area contributed by atoms with Crippen molar-refractivity contribution in [3.63, 3.8) is 0 Å². The van der Waals surface area contributed by atoms with Gasteiger partial charge in [0.05, 0.1) is 30.6 Å². The smallest absolute Gasteiger partial charge is 0.0902 e. The molecule has 0 radical (unpaired) electrons. The molecule has 0 spiro atoms. The van der Waals surface area contributed by atoms with E-state index in [0.29, 0.717) is 13.2 Å². The van der Waals surface area contributed by atoms with Crippen LogP contribution in [0.3, 0.4) is 0 Å². The highest BCUT2D eigenvalue weighted by atomic mass is 16.5. The third-order valence-electron chi connectivity index (χ3n) is 1.90. The summed E-state index contributed by atoms with van der Waals surface area (Å²) in [6.07, 6.45) is 1.75. The van der Waals surface area contributed by atoms with E-state index < -0.39 is 0 Å². The van der Waals surface area contributed by atoms with Gasteiger partial charge in [-0.2, -0.15) is 0 Å². The molecule has 0 aliphatic carbocycles. The molecule has 4 nitrogen and oxygen atoms in total. The maximum absolute atomic E-state index is 5.37. The number of aromatic nitrogens is 3. The molecule has 0 saturated heterocycles. The van der Waals surface area contributed by atoms with Crippen molar-refractivity contribution in [1.82, 2.24) is 15.0 Å². The van der Waals surface area contributed by atoms with E-state index in [2.05, 4.69) is 24.2 Å². The molecular weight excluding hydrogens is 142 g/mol. The van der Waals surface area contributed by atoms with Crippen molar-refractivity contribution in [3.05, 3.63) is 11.9 Å². The Balaban J connectivity index is 2.48. The normalized spacial score (nSPS) is 21.3. The Morgan fingerprint density at radius 3 is 3.18 bits per heavy atom. The lowest BCUT2D eigenvalue weighted by molar-refractivity contribution is 0.0127. The van der Waals surface area contributed by atoms with Gasteiger partial charge in [-0.1, -0.05) is 5.21 Å². The molecule has 0 N–H and O–H groups in total. The molecule has 11 heavy (non-hydrogen) atoms. The van der Waals surface area contributed by atoms with Gasteiger partial charge in [0, 0.05) is 0 Å². The lowest BCUT2D eigenvalue weighted by Gasteiger charge is -2.30. The largest absolute Gasteiger partial charge is 0.373 e. The third-order valence-corrected chi connectivity index (χ3v) is 1.90. The van der Waals surface area contributed by atoms with Crippen molar-refractivity contribution >= 4 is 0 Å². The Morgan fingerprint density at radius 2 is 2.45 bits per heavy atom. The van der Waals surface area contributed by atoms with Gasteiger partial charge in [-0.05, 0) is 13.8 Å². The number of nitrogens with zero attached hydrogens (tertiary/aromatic N) is 3. The zero-order valence-corrected chi connectivity index (χ0v) is 6.74. The monoisotopic (exact) mass is 153 g/mol. The van der Waals surface area contributed by atoms with Crippen molar-refractivity contribution in [2.45, 2.75) is 26.0 Å². The van der Waals surface area contributed by atoms with Crippen molar-refractivity contribution in [2.75, 3.05) is 6.61 Å². The second-order valence-electron chi connectivity index (χ2n) is 3.44. The van der Waals surface area contributed by atoms with E-state index in [9.17, 15) is 0 Å². The first-order chi connectivity index (χ1) is 5.20. The van der Waals surface area contributed by atoms with E-state index in [1.54, 1.807) is 6.20 Å². The summed E-state index contributed by atoms with van der Waals surface area (Å²) in [7, 11) is 0. The summed E-state index contributed by atoms with van der Waals surface area (Å²) in [5.41, 5.74) is 1.02. The van der Waals surface area contributed by atoms with Crippen molar-refractivity contribution in [1.29, 1.82) is 0 Å². The molecule has 0 atom stereocenters. The molecule has 1 aliphatic rings. The topological polar surface area (TPSA) is 39.9 Å². The molecule has 1 aromatic heterocycles. The van der Waals surface area contributed by atoms with Gasteiger partial charge in [0.15, 0.2) is 0 Å². The van der Waals surface area contributed by atoms with Gasteiger partial charge in [-0.3, -0.25) is 0 Å². The maximum atomic E-state index is 5.37. The van der Waals surface area contributed by atoms with E-state index in [1.807, 2.05) is 4.68 Å². The van der Waals surface area contributed by atoms with Crippen LogP contribution < -0.4 is 0 Å². The van der Waals surface area contributed by atoms with Gasteiger partial charge in [-0.25, -0.2) is 4.68 Å². The first kappa shape index (κ1) is 6.79. The predicted octanol–water partition coefficient (Wildman–Crippen LogP) is 0.543. The van der Waals surface area contributed by atoms with E-state index in [-0.39, 0.29) is 5.54 Å². The SMILES string of the molecule is CC1(C)COCc2cnnn21. The fourth-order valence-electron chi connectivity index (χ4n) is 1.33. The second kappa shape index (κ2) is 2.04. The minimum atomic E-state index is -0.0376. The summed E-state index contributed by atoms with van der Waals surface area (Å²) in [5.74, 6) is 0. The zero-order chi connectivity index (χ0) is 7.90. The molecule has 60 valence electrons. The van der Waals surface area contributed by atoms with Gasteiger partial charge in [0.1, 0.15) is 0 Å². The maximum Gasteiger partial charge on any atom is 0.0902 e. The predicted molar refractivity (Wildman–Crippen MR) is 39.0 cm³/mol. The molecular formula is C7H11N3O. The van der Waals surface area contributed by atoms with Gasteiger partial charge in [-0.15, -0.1) is 5.10 Å². The van der Waals surface area contributed by atoms with Crippen molar-refractivity contribution in [3.8, 4) is 0 Å². The van der Waals surface area contributed by atoms with Crippen LogP contribution in [0.2, 0.25) is 0 Å². The third kappa shape index (κ3) is 0.939. The highest BCUT2D eigenvalue weighted by Gasteiger charge is 2.28. The Morgan fingerprint density at radius 1 is 1.64 bits per heavy atom. The molecule has 0 aromatic carbocycles. The Bertz CT molecular complexity index is 266. The van der Waals surface area contributed by atoms with E-state index in [0.717, 1.165) is 5.69 Å². The highest BCUT2D eigenvalue weighted by molar-refractivity contribution is 4.99. The zero-order valence-electron chi connectivity index (χ0n) is 6.74. The van der Waals surface area contributed by atoms with E-state index >= 15 is 0 Å². The summed E-state index contributed by atoms with van der Waals surface area (Å²) in [6, 6.07) is 0. The quantitative estimate of drug-likeness (QED) is 0.546. The fraction of sp³-hybridized carbons (Fsp3) is 0.714. The molecule has 2 rings (SSSR count). The van der Waals surface area contributed by atoms with Crippen LogP contribution in [0.4, 0.5) is 0 Å². The van der Waals surface area contributed by atoms with Crippen molar-refractivity contribution < 1.29 is 4.74 Å².